The first-order valence-corrected chi connectivity index (χ1v) is 7.94. The minimum absolute atomic E-state index is 0.184. The number of aromatic nitrogens is 3. The fourth-order valence-electron chi connectivity index (χ4n) is 3.14. The van der Waals surface area contributed by atoms with Crippen molar-refractivity contribution in [1.29, 1.82) is 0 Å². The normalized spacial score (nSPS) is 14.1. The monoisotopic (exact) mass is 323 g/mol. The van der Waals surface area contributed by atoms with Crippen LogP contribution in [-0.4, -0.2) is 27.6 Å². The number of nitrogens with zero attached hydrogens (tertiary/aromatic N) is 4. The van der Waals surface area contributed by atoms with Crippen LogP contribution in [0.5, 0.6) is 0 Å². The highest BCUT2D eigenvalue weighted by Gasteiger charge is 2.23. The molecule has 24 heavy (non-hydrogen) atoms. The molecule has 7 heteroatoms. The summed E-state index contributed by atoms with van der Waals surface area (Å²) in [5.41, 5.74) is 4.28. The van der Waals surface area contributed by atoms with Gasteiger partial charge < -0.3 is 14.7 Å². The van der Waals surface area contributed by atoms with Gasteiger partial charge in [0.1, 0.15) is 17.5 Å². The number of carbonyl (C=O) groups excluding carboxylic acids is 1. The zero-order valence-electron chi connectivity index (χ0n) is 13.5. The minimum Gasteiger partial charge on any atom is -0.339 e. The summed E-state index contributed by atoms with van der Waals surface area (Å²) in [6, 6.07) is 6.01. The summed E-state index contributed by atoms with van der Waals surface area (Å²) in [6.07, 6.45) is 2.75. The molecule has 1 aliphatic rings. The highest BCUT2D eigenvalue weighted by Crippen LogP contribution is 2.32. The lowest BCUT2D eigenvalue weighted by atomic mass is 10.0. The zero-order valence-corrected chi connectivity index (χ0v) is 13.5. The molecule has 1 N–H and O–H groups in total. The maximum Gasteiger partial charge on any atom is 0.263 e. The second-order valence-electron chi connectivity index (χ2n) is 5.78. The van der Waals surface area contributed by atoms with Crippen LogP contribution in [0.25, 0.3) is 11.1 Å². The number of anilines is 3. The lowest BCUT2D eigenvalue weighted by molar-refractivity contribution is -0.118. The fourth-order valence-corrected chi connectivity index (χ4v) is 3.14. The average molecular weight is 323 g/mol. The van der Waals surface area contributed by atoms with Gasteiger partial charge in [0.2, 0.25) is 5.91 Å². The lowest BCUT2D eigenvalue weighted by Crippen LogP contribution is -2.34. The van der Waals surface area contributed by atoms with Gasteiger partial charge in [0, 0.05) is 24.3 Å². The molecular weight excluding hydrogens is 306 g/mol. The van der Waals surface area contributed by atoms with Gasteiger partial charge in [0.15, 0.2) is 0 Å². The smallest absolute Gasteiger partial charge is 0.263 e. The molecule has 0 saturated heterocycles. The van der Waals surface area contributed by atoms with Crippen molar-refractivity contribution in [2.24, 2.45) is 0 Å². The van der Waals surface area contributed by atoms with E-state index in [1.807, 2.05) is 30.9 Å². The average Bonchev–Trinajstić information content (AvgIpc) is 2.97. The Kier molecular flexibility index (Phi) is 3.41. The summed E-state index contributed by atoms with van der Waals surface area (Å²) in [7, 11) is 0. The lowest BCUT2D eigenvalue weighted by Gasteiger charge is -2.28. The molecule has 0 unspecified atom stereocenters. The number of rotatable bonds is 3. The van der Waals surface area contributed by atoms with Crippen LogP contribution in [0.1, 0.15) is 24.6 Å². The maximum atomic E-state index is 12.0. The van der Waals surface area contributed by atoms with Gasteiger partial charge in [-0.1, -0.05) is 5.16 Å². The number of hydrogen-bond acceptors (Lipinski definition) is 6. The Morgan fingerprint density at radius 2 is 2.17 bits per heavy atom. The SMILES string of the molecule is CCN1C(=O)CCc2cc(Nc3ncnc4onc(C)c34)ccc21. The van der Waals surface area contributed by atoms with Crippen LogP contribution in [0, 0.1) is 6.92 Å². The van der Waals surface area contributed by atoms with Crippen molar-refractivity contribution in [3.8, 4) is 0 Å². The largest absolute Gasteiger partial charge is 0.339 e. The van der Waals surface area contributed by atoms with Crippen LogP contribution < -0.4 is 10.2 Å². The van der Waals surface area contributed by atoms with E-state index in [-0.39, 0.29) is 5.91 Å². The first-order chi connectivity index (χ1) is 11.7. The topological polar surface area (TPSA) is 84.2 Å². The molecule has 7 nitrogen and oxygen atoms in total. The van der Waals surface area contributed by atoms with Crippen LogP contribution in [0.2, 0.25) is 0 Å². The van der Waals surface area contributed by atoms with E-state index in [1.165, 1.54) is 6.33 Å². The van der Waals surface area contributed by atoms with Crippen LogP contribution in [0.4, 0.5) is 17.2 Å². The predicted octanol–water partition coefficient (Wildman–Crippen LogP) is 2.97. The summed E-state index contributed by atoms with van der Waals surface area (Å²) in [5, 5.41) is 8.03. The van der Waals surface area contributed by atoms with Crippen molar-refractivity contribution in [2.45, 2.75) is 26.7 Å². The number of aryl methyl sites for hydroxylation is 2. The molecule has 3 aromatic rings. The third kappa shape index (κ3) is 2.29. The molecule has 0 atom stereocenters. The van der Waals surface area contributed by atoms with E-state index in [0.29, 0.717) is 24.5 Å². The van der Waals surface area contributed by atoms with E-state index in [9.17, 15) is 4.79 Å². The molecule has 0 radical (unpaired) electrons. The number of benzene rings is 1. The number of amides is 1. The standard InChI is InChI=1S/C17H17N5O2/c1-3-22-13-6-5-12(8-11(13)4-7-14(22)23)20-16-15-10(2)21-24-17(15)19-9-18-16/h5-6,8-9H,3-4,7H2,1-2H3,(H,18,19,20). The molecule has 3 heterocycles. The summed E-state index contributed by atoms with van der Waals surface area (Å²) in [5.74, 6) is 0.848. The van der Waals surface area contributed by atoms with Gasteiger partial charge in [-0.3, -0.25) is 4.79 Å². The minimum atomic E-state index is 0.184. The second-order valence-corrected chi connectivity index (χ2v) is 5.78. The Bertz CT molecular complexity index is 934. The van der Waals surface area contributed by atoms with Gasteiger partial charge in [-0.25, -0.2) is 4.98 Å². The van der Waals surface area contributed by atoms with Crippen molar-refractivity contribution in [3.63, 3.8) is 0 Å². The predicted molar refractivity (Wildman–Crippen MR) is 90.4 cm³/mol. The van der Waals surface area contributed by atoms with Gasteiger partial charge >= 0.3 is 0 Å². The van der Waals surface area contributed by atoms with E-state index in [0.717, 1.165) is 34.4 Å². The van der Waals surface area contributed by atoms with E-state index in [1.54, 1.807) is 0 Å². The molecule has 1 aromatic carbocycles. The van der Waals surface area contributed by atoms with Crippen LogP contribution in [0.3, 0.4) is 0 Å². The molecule has 4 rings (SSSR count). The summed E-state index contributed by atoms with van der Waals surface area (Å²) in [4.78, 5) is 22.2. The molecule has 0 aliphatic carbocycles. The molecule has 0 saturated carbocycles. The van der Waals surface area contributed by atoms with Crippen molar-refractivity contribution in [2.75, 3.05) is 16.8 Å². The number of hydrogen-bond donors (Lipinski definition) is 1. The summed E-state index contributed by atoms with van der Waals surface area (Å²) < 4.78 is 5.17. The molecule has 122 valence electrons. The number of nitrogens with one attached hydrogen (secondary N) is 1. The van der Waals surface area contributed by atoms with Crippen molar-refractivity contribution < 1.29 is 9.32 Å². The molecule has 1 aliphatic heterocycles. The third-order valence-electron chi connectivity index (χ3n) is 4.30. The van der Waals surface area contributed by atoms with Crippen molar-refractivity contribution >= 4 is 34.2 Å². The molecule has 1 amide bonds. The van der Waals surface area contributed by atoms with E-state index in [4.69, 9.17) is 4.52 Å². The van der Waals surface area contributed by atoms with E-state index >= 15 is 0 Å². The van der Waals surface area contributed by atoms with Gasteiger partial charge in [-0.05, 0) is 44.0 Å². The van der Waals surface area contributed by atoms with Gasteiger partial charge in [-0.2, -0.15) is 4.98 Å². The van der Waals surface area contributed by atoms with Gasteiger partial charge in [0.05, 0.1) is 5.69 Å². The van der Waals surface area contributed by atoms with Crippen LogP contribution >= 0.6 is 0 Å². The maximum absolute atomic E-state index is 12.0. The van der Waals surface area contributed by atoms with Crippen LogP contribution in [0.15, 0.2) is 29.0 Å². The molecule has 0 spiro atoms. The van der Waals surface area contributed by atoms with Crippen molar-refractivity contribution in [1.82, 2.24) is 15.1 Å². The Morgan fingerprint density at radius 1 is 1.29 bits per heavy atom. The van der Waals surface area contributed by atoms with Crippen molar-refractivity contribution in [3.05, 3.63) is 35.8 Å². The number of carbonyl (C=O) groups is 1. The third-order valence-corrected chi connectivity index (χ3v) is 4.30. The highest BCUT2D eigenvalue weighted by molar-refractivity contribution is 5.97. The second kappa shape index (κ2) is 5.59. The molecular formula is C17H17N5O2. The first-order valence-electron chi connectivity index (χ1n) is 7.94. The first kappa shape index (κ1) is 14.6. The molecule has 0 bridgehead atoms. The Balaban J connectivity index is 1.71. The highest BCUT2D eigenvalue weighted by atomic mass is 16.5. The zero-order chi connectivity index (χ0) is 16.7. The van der Waals surface area contributed by atoms with E-state index in [2.05, 4.69) is 26.5 Å². The Labute approximate surface area is 138 Å². The van der Waals surface area contributed by atoms with Crippen LogP contribution in [-0.2, 0) is 11.2 Å². The Morgan fingerprint density at radius 3 is 3.00 bits per heavy atom. The molecule has 0 fully saturated rings. The quantitative estimate of drug-likeness (QED) is 0.797. The molecule has 2 aromatic heterocycles. The number of fused-ring (bicyclic) bond motifs is 2. The van der Waals surface area contributed by atoms with E-state index < -0.39 is 0 Å². The fraction of sp³-hybridized carbons (Fsp3) is 0.294. The van der Waals surface area contributed by atoms with Gasteiger partial charge in [0.25, 0.3) is 5.71 Å². The Hall–Kier alpha value is -2.96. The van der Waals surface area contributed by atoms with Gasteiger partial charge in [-0.15, -0.1) is 0 Å². The summed E-state index contributed by atoms with van der Waals surface area (Å²) in [6.45, 7) is 4.54. The summed E-state index contributed by atoms with van der Waals surface area (Å²) >= 11 is 0.